The van der Waals surface area contributed by atoms with Crippen LogP contribution in [0.3, 0.4) is 0 Å². The van der Waals surface area contributed by atoms with E-state index in [1.165, 1.54) is 10.9 Å². The molecule has 17 heavy (non-hydrogen) atoms. The zero-order valence-electron chi connectivity index (χ0n) is 9.74. The summed E-state index contributed by atoms with van der Waals surface area (Å²) in [5.41, 5.74) is 0.580. The third-order valence-corrected chi connectivity index (χ3v) is 3.19. The van der Waals surface area contributed by atoms with Gasteiger partial charge in [0.2, 0.25) is 11.8 Å². The number of nitrogens with zero attached hydrogens (tertiary/aromatic N) is 2. The number of anilines is 1. The minimum Gasteiger partial charge on any atom is -0.358 e. The van der Waals surface area contributed by atoms with E-state index >= 15 is 0 Å². The van der Waals surface area contributed by atoms with E-state index in [4.69, 9.17) is 0 Å². The van der Waals surface area contributed by atoms with Gasteiger partial charge < -0.3 is 10.6 Å². The highest BCUT2D eigenvalue weighted by Gasteiger charge is 2.13. The molecule has 0 saturated carbocycles. The van der Waals surface area contributed by atoms with Crippen molar-refractivity contribution in [3.63, 3.8) is 0 Å². The van der Waals surface area contributed by atoms with Gasteiger partial charge in [0.05, 0.1) is 16.7 Å². The molecule has 0 radical (unpaired) electrons. The highest BCUT2D eigenvalue weighted by atomic mass is 79.9. The average molecular weight is 303 g/mol. The summed E-state index contributed by atoms with van der Waals surface area (Å²) in [5.74, 6) is -0.259. The molecule has 0 aliphatic carbocycles. The van der Waals surface area contributed by atoms with Gasteiger partial charge in [0.25, 0.3) is 0 Å². The largest absolute Gasteiger partial charge is 0.358 e. The molecule has 1 atom stereocenters. The van der Waals surface area contributed by atoms with Crippen molar-refractivity contribution in [2.45, 2.75) is 24.7 Å². The molecule has 0 spiro atoms. The van der Waals surface area contributed by atoms with Crippen molar-refractivity contribution in [3.8, 4) is 0 Å². The summed E-state index contributed by atoms with van der Waals surface area (Å²) < 4.78 is 1.46. The van der Waals surface area contributed by atoms with Crippen molar-refractivity contribution < 1.29 is 9.59 Å². The average Bonchev–Trinajstić information content (AvgIpc) is 2.75. The van der Waals surface area contributed by atoms with Gasteiger partial charge in [-0.15, -0.1) is 0 Å². The molecule has 1 aromatic rings. The maximum absolute atomic E-state index is 11.6. The first-order valence-corrected chi connectivity index (χ1v) is 6.16. The monoisotopic (exact) mass is 302 g/mol. The van der Waals surface area contributed by atoms with E-state index < -0.39 is 0 Å². The molecule has 1 aromatic heterocycles. The van der Waals surface area contributed by atoms with Crippen LogP contribution in [0.1, 0.15) is 13.3 Å². The fourth-order valence-electron chi connectivity index (χ4n) is 1.15. The summed E-state index contributed by atoms with van der Waals surface area (Å²) in [6, 6.07) is 0. The summed E-state index contributed by atoms with van der Waals surface area (Å²) in [5, 5.41) is 9.17. The number of alkyl halides is 1. The molecule has 94 valence electrons. The molecule has 1 unspecified atom stereocenters. The number of rotatable bonds is 5. The smallest absolute Gasteiger partial charge is 0.241 e. The Hall–Kier alpha value is -1.37. The molecule has 1 rings (SSSR count). The fraction of sp³-hybridized carbons (Fsp3) is 0.500. The molecule has 0 aromatic carbocycles. The normalized spacial score (nSPS) is 11.9. The Morgan fingerprint density at radius 3 is 2.88 bits per heavy atom. The first kappa shape index (κ1) is 13.7. The van der Waals surface area contributed by atoms with Gasteiger partial charge >= 0.3 is 0 Å². The van der Waals surface area contributed by atoms with Crippen molar-refractivity contribution in [2.75, 3.05) is 12.4 Å². The second-order valence-electron chi connectivity index (χ2n) is 3.46. The number of carbonyl (C=O) groups is 2. The Labute approximate surface area is 108 Å². The van der Waals surface area contributed by atoms with Gasteiger partial charge in [0, 0.05) is 13.2 Å². The summed E-state index contributed by atoms with van der Waals surface area (Å²) in [6.45, 7) is 2.05. The maximum atomic E-state index is 11.6. The number of halogens is 1. The third-order valence-electron chi connectivity index (χ3n) is 2.13. The van der Waals surface area contributed by atoms with Gasteiger partial charge in [-0.3, -0.25) is 14.3 Å². The molecule has 0 saturated heterocycles. The topological polar surface area (TPSA) is 76.0 Å². The predicted molar refractivity (Wildman–Crippen MR) is 67.9 cm³/mol. The van der Waals surface area contributed by atoms with Gasteiger partial charge in [-0.25, -0.2) is 0 Å². The Balaban J connectivity index is 2.56. The summed E-state index contributed by atoms with van der Waals surface area (Å²) in [6.07, 6.45) is 3.83. The quantitative estimate of drug-likeness (QED) is 0.788. The molecular formula is C10H15BrN4O2. The Morgan fingerprint density at radius 1 is 1.59 bits per heavy atom. The highest BCUT2D eigenvalue weighted by Crippen LogP contribution is 2.10. The second kappa shape index (κ2) is 6.39. The van der Waals surface area contributed by atoms with Crippen LogP contribution in [-0.4, -0.2) is 33.5 Å². The highest BCUT2D eigenvalue weighted by molar-refractivity contribution is 9.10. The molecular weight excluding hydrogens is 288 g/mol. The second-order valence-corrected chi connectivity index (χ2v) is 4.57. The first-order chi connectivity index (χ1) is 8.06. The van der Waals surface area contributed by atoms with Crippen LogP contribution in [0.4, 0.5) is 5.69 Å². The minimum atomic E-state index is -0.218. The van der Waals surface area contributed by atoms with Crippen LogP contribution in [0.5, 0.6) is 0 Å². The molecule has 2 N–H and O–H groups in total. The van der Waals surface area contributed by atoms with Crippen molar-refractivity contribution in [1.29, 1.82) is 0 Å². The predicted octanol–water partition coefficient (Wildman–Crippen LogP) is 0.741. The number of hydrogen-bond donors (Lipinski definition) is 2. The number of aromatic nitrogens is 2. The van der Waals surface area contributed by atoms with Gasteiger partial charge in [0.15, 0.2) is 0 Å². The third kappa shape index (κ3) is 4.18. The van der Waals surface area contributed by atoms with E-state index in [2.05, 4.69) is 31.7 Å². The summed E-state index contributed by atoms with van der Waals surface area (Å²) in [7, 11) is 1.56. The van der Waals surface area contributed by atoms with Gasteiger partial charge in [-0.05, 0) is 6.42 Å². The van der Waals surface area contributed by atoms with E-state index in [0.717, 1.165) is 0 Å². The van der Waals surface area contributed by atoms with E-state index in [9.17, 15) is 9.59 Å². The van der Waals surface area contributed by atoms with Crippen LogP contribution in [0.2, 0.25) is 0 Å². The summed E-state index contributed by atoms with van der Waals surface area (Å²) in [4.78, 5) is 22.4. The number of likely N-dealkylation sites (N-methyl/N-ethyl adjacent to an activating group) is 1. The van der Waals surface area contributed by atoms with Crippen LogP contribution < -0.4 is 10.6 Å². The summed E-state index contributed by atoms with van der Waals surface area (Å²) >= 11 is 3.25. The van der Waals surface area contributed by atoms with Crippen molar-refractivity contribution >= 4 is 33.4 Å². The number of hydrogen-bond acceptors (Lipinski definition) is 3. The Morgan fingerprint density at radius 2 is 2.29 bits per heavy atom. The lowest BCUT2D eigenvalue weighted by Gasteiger charge is -2.05. The molecule has 0 aliphatic heterocycles. The molecule has 0 aliphatic rings. The fourth-order valence-corrected chi connectivity index (χ4v) is 1.26. The minimum absolute atomic E-state index is 0.119. The van der Waals surface area contributed by atoms with E-state index in [0.29, 0.717) is 12.1 Å². The van der Waals surface area contributed by atoms with Crippen molar-refractivity contribution in [2.24, 2.45) is 0 Å². The molecule has 2 amide bonds. The van der Waals surface area contributed by atoms with Gasteiger partial charge in [0.1, 0.15) is 6.54 Å². The number of nitrogens with one attached hydrogen (secondary N) is 2. The zero-order valence-corrected chi connectivity index (χ0v) is 11.3. The van der Waals surface area contributed by atoms with Crippen LogP contribution in [0, 0.1) is 0 Å². The molecule has 1 heterocycles. The van der Waals surface area contributed by atoms with E-state index in [1.54, 1.807) is 13.2 Å². The lowest BCUT2D eigenvalue weighted by Crippen LogP contribution is -2.23. The molecule has 6 nitrogen and oxygen atoms in total. The van der Waals surface area contributed by atoms with Crippen LogP contribution in [0.15, 0.2) is 12.4 Å². The molecule has 7 heteroatoms. The van der Waals surface area contributed by atoms with E-state index in [-0.39, 0.29) is 23.2 Å². The molecule has 0 bridgehead atoms. The molecule has 0 fully saturated rings. The lowest BCUT2D eigenvalue weighted by atomic mass is 10.3. The Kier molecular flexibility index (Phi) is 5.14. The SMILES string of the molecule is CCC(Br)C(=O)Nc1cnn(CC(=O)NC)c1. The zero-order chi connectivity index (χ0) is 12.8. The van der Waals surface area contributed by atoms with Crippen LogP contribution >= 0.6 is 15.9 Å². The van der Waals surface area contributed by atoms with E-state index in [1.807, 2.05) is 6.92 Å². The first-order valence-electron chi connectivity index (χ1n) is 5.24. The van der Waals surface area contributed by atoms with Crippen molar-refractivity contribution in [3.05, 3.63) is 12.4 Å². The maximum Gasteiger partial charge on any atom is 0.241 e. The van der Waals surface area contributed by atoms with Crippen LogP contribution in [-0.2, 0) is 16.1 Å². The lowest BCUT2D eigenvalue weighted by molar-refractivity contribution is -0.121. The van der Waals surface area contributed by atoms with Gasteiger partial charge in [-0.1, -0.05) is 22.9 Å². The van der Waals surface area contributed by atoms with Crippen molar-refractivity contribution in [1.82, 2.24) is 15.1 Å². The van der Waals surface area contributed by atoms with Gasteiger partial charge in [-0.2, -0.15) is 5.10 Å². The standard InChI is InChI=1S/C10H15BrN4O2/c1-3-8(11)10(17)14-7-4-13-15(5-7)6-9(16)12-2/h4-5,8H,3,6H2,1-2H3,(H,12,16)(H,14,17). The van der Waals surface area contributed by atoms with Crippen LogP contribution in [0.25, 0.3) is 0 Å². The number of carbonyl (C=O) groups excluding carboxylic acids is 2. The Bertz CT molecular complexity index is 405. The number of amides is 2.